The molecule has 1 heterocycles. The zero-order valence-electron chi connectivity index (χ0n) is 8.54. The van der Waals surface area contributed by atoms with Crippen molar-refractivity contribution in [3.05, 3.63) is 16.8 Å². The van der Waals surface area contributed by atoms with Crippen molar-refractivity contribution in [1.29, 1.82) is 0 Å². The first-order valence-corrected chi connectivity index (χ1v) is 5.68. The molecule has 0 atom stereocenters. The van der Waals surface area contributed by atoms with Crippen LogP contribution >= 0.6 is 11.3 Å². The van der Waals surface area contributed by atoms with Crippen LogP contribution in [0.3, 0.4) is 0 Å². The van der Waals surface area contributed by atoms with Crippen LogP contribution in [0.5, 0.6) is 0 Å². The first-order valence-electron chi connectivity index (χ1n) is 4.74. The minimum atomic E-state index is 0.0997. The van der Waals surface area contributed by atoms with Crippen LogP contribution in [-0.4, -0.2) is 18.5 Å². The summed E-state index contributed by atoms with van der Waals surface area (Å²) in [6, 6.07) is 2.23. The molecule has 1 rings (SSSR count). The Kier molecular flexibility index (Phi) is 4.46. The largest absolute Gasteiger partial charge is 0.384 e. The third-order valence-corrected chi connectivity index (χ3v) is 2.34. The van der Waals surface area contributed by atoms with Gasteiger partial charge >= 0.3 is 0 Å². The lowest BCUT2D eigenvalue weighted by molar-refractivity contribution is -0.121. The van der Waals surface area contributed by atoms with Crippen molar-refractivity contribution >= 4 is 22.9 Å². The smallest absolute Gasteiger partial charge is 0.221 e. The van der Waals surface area contributed by atoms with Gasteiger partial charge in [0.1, 0.15) is 0 Å². The Balaban J connectivity index is 2.12. The summed E-state index contributed by atoms with van der Waals surface area (Å²) in [5.74, 6) is 0.0997. The number of anilines is 1. The quantitative estimate of drug-likeness (QED) is 0.784. The molecule has 1 amide bonds. The highest BCUT2D eigenvalue weighted by atomic mass is 32.1. The van der Waals surface area contributed by atoms with Gasteiger partial charge in [-0.25, -0.2) is 0 Å². The van der Waals surface area contributed by atoms with Crippen LogP contribution in [0.1, 0.15) is 20.3 Å². The lowest BCUT2D eigenvalue weighted by Gasteiger charge is -2.08. The Morgan fingerprint density at radius 3 is 2.93 bits per heavy atom. The van der Waals surface area contributed by atoms with E-state index in [9.17, 15) is 4.79 Å². The molecule has 0 saturated heterocycles. The summed E-state index contributed by atoms with van der Waals surface area (Å²) >= 11 is 1.65. The molecule has 2 N–H and O–H groups in total. The third-order valence-electron chi connectivity index (χ3n) is 1.65. The maximum atomic E-state index is 11.2. The topological polar surface area (TPSA) is 41.1 Å². The maximum Gasteiger partial charge on any atom is 0.221 e. The first-order chi connectivity index (χ1) is 6.68. The number of thiophene rings is 1. The Hall–Kier alpha value is -1.03. The molecule has 0 aliphatic carbocycles. The average molecular weight is 212 g/mol. The summed E-state index contributed by atoms with van der Waals surface area (Å²) in [6.07, 6.45) is 0.522. The number of nitrogens with one attached hydrogen (secondary N) is 2. The van der Waals surface area contributed by atoms with Crippen LogP contribution in [0.25, 0.3) is 0 Å². The van der Waals surface area contributed by atoms with Gasteiger partial charge in [0.05, 0.1) is 0 Å². The molecule has 0 radical (unpaired) electrons. The molecule has 0 spiro atoms. The molecule has 14 heavy (non-hydrogen) atoms. The molecule has 0 unspecified atom stereocenters. The Morgan fingerprint density at radius 2 is 2.36 bits per heavy atom. The summed E-state index contributed by atoms with van der Waals surface area (Å²) < 4.78 is 0. The highest BCUT2D eigenvalue weighted by molar-refractivity contribution is 7.08. The number of amides is 1. The van der Waals surface area contributed by atoms with E-state index in [1.54, 1.807) is 11.3 Å². The van der Waals surface area contributed by atoms with Gasteiger partial charge in [0.25, 0.3) is 0 Å². The SMILES string of the molecule is CC(C)NC(=O)CCNc1ccsc1. The van der Waals surface area contributed by atoms with Crippen molar-refractivity contribution in [2.24, 2.45) is 0 Å². The zero-order chi connectivity index (χ0) is 10.4. The summed E-state index contributed by atoms with van der Waals surface area (Å²) in [6.45, 7) is 4.61. The van der Waals surface area contributed by atoms with Gasteiger partial charge in [0, 0.05) is 30.1 Å². The van der Waals surface area contributed by atoms with E-state index >= 15 is 0 Å². The van der Waals surface area contributed by atoms with Gasteiger partial charge in [-0.15, -0.1) is 0 Å². The van der Waals surface area contributed by atoms with E-state index in [2.05, 4.69) is 10.6 Å². The highest BCUT2D eigenvalue weighted by Crippen LogP contribution is 2.11. The summed E-state index contributed by atoms with van der Waals surface area (Å²) in [7, 11) is 0. The summed E-state index contributed by atoms with van der Waals surface area (Å²) in [4.78, 5) is 11.2. The fourth-order valence-electron chi connectivity index (χ4n) is 1.08. The van der Waals surface area contributed by atoms with Crippen LogP contribution in [0, 0.1) is 0 Å². The van der Waals surface area contributed by atoms with Gasteiger partial charge in [-0.1, -0.05) is 0 Å². The molecule has 3 nitrogen and oxygen atoms in total. The van der Waals surface area contributed by atoms with Crippen LogP contribution in [0.4, 0.5) is 5.69 Å². The number of hydrogen-bond acceptors (Lipinski definition) is 3. The Labute approximate surface area is 88.5 Å². The van der Waals surface area contributed by atoms with E-state index in [1.807, 2.05) is 30.7 Å². The van der Waals surface area contributed by atoms with Crippen LogP contribution < -0.4 is 10.6 Å². The van der Waals surface area contributed by atoms with Gasteiger partial charge < -0.3 is 10.6 Å². The average Bonchev–Trinajstić information content (AvgIpc) is 2.55. The molecule has 1 aromatic heterocycles. The second kappa shape index (κ2) is 5.65. The first kappa shape index (κ1) is 11.0. The molecule has 0 fully saturated rings. The molecule has 0 aliphatic heterocycles. The van der Waals surface area contributed by atoms with Gasteiger partial charge in [-0.2, -0.15) is 11.3 Å². The van der Waals surface area contributed by atoms with Crippen molar-refractivity contribution < 1.29 is 4.79 Å². The molecule has 1 aromatic rings. The molecule has 4 heteroatoms. The third kappa shape index (κ3) is 4.28. The van der Waals surface area contributed by atoms with Crippen molar-refractivity contribution in [3.63, 3.8) is 0 Å². The number of rotatable bonds is 5. The van der Waals surface area contributed by atoms with E-state index in [0.29, 0.717) is 13.0 Å². The monoisotopic (exact) mass is 212 g/mol. The van der Waals surface area contributed by atoms with Gasteiger partial charge in [0.15, 0.2) is 0 Å². The molecule has 0 bridgehead atoms. The van der Waals surface area contributed by atoms with Gasteiger partial charge in [-0.3, -0.25) is 4.79 Å². The normalized spacial score (nSPS) is 10.2. The minimum absolute atomic E-state index is 0.0997. The lowest BCUT2D eigenvalue weighted by Crippen LogP contribution is -2.31. The summed E-state index contributed by atoms with van der Waals surface area (Å²) in [5, 5.41) is 10.1. The van der Waals surface area contributed by atoms with Gasteiger partial charge in [0.2, 0.25) is 5.91 Å². The van der Waals surface area contributed by atoms with E-state index in [-0.39, 0.29) is 11.9 Å². The van der Waals surface area contributed by atoms with Crippen molar-refractivity contribution in [1.82, 2.24) is 5.32 Å². The van der Waals surface area contributed by atoms with Crippen LogP contribution in [-0.2, 0) is 4.79 Å². The number of carbonyl (C=O) groups is 1. The predicted octanol–water partition coefficient (Wildman–Crippen LogP) is 2.07. The van der Waals surface area contributed by atoms with Crippen LogP contribution in [0.15, 0.2) is 16.8 Å². The molecule has 0 saturated carbocycles. The highest BCUT2D eigenvalue weighted by Gasteiger charge is 2.02. The maximum absolute atomic E-state index is 11.2. The lowest BCUT2D eigenvalue weighted by atomic mass is 10.3. The van der Waals surface area contributed by atoms with Gasteiger partial charge in [-0.05, 0) is 25.3 Å². The standard InChI is InChI=1S/C10H16N2OS/c1-8(2)12-10(13)3-5-11-9-4-6-14-7-9/h4,6-8,11H,3,5H2,1-2H3,(H,12,13). The summed E-state index contributed by atoms with van der Waals surface area (Å²) in [5.41, 5.74) is 1.09. The molecular formula is C10H16N2OS. The van der Waals surface area contributed by atoms with Crippen LogP contribution in [0.2, 0.25) is 0 Å². The molecular weight excluding hydrogens is 196 g/mol. The van der Waals surface area contributed by atoms with E-state index in [0.717, 1.165) is 5.69 Å². The second-order valence-corrected chi connectivity index (χ2v) is 4.19. The second-order valence-electron chi connectivity index (χ2n) is 3.41. The van der Waals surface area contributed by atoms with E-state index < -0.39 is 0 Å². The Morgan fingerprint density at radius 1 is 1.57 bits per heavy atom. The fraction of sp³-hybridized carbons (Fsp3) is 0.500. The molecule has 78 valence electrons. The zero-order valence-corrected chi connectivity index (χ0v) is 9.36. The minimum Gasteiger partial charge on any atom is -0.384 e. The van der Waals surface area contributed by atoms with E-state index in [1.165, 1.54) is 0 Å². The Bertz CT molecular complexity index is 270. The molecule has 0 aromatic carbocycles. The van der Waals surface area contributed by atoms with Crippen molar-refractivity contribution in [3.8, 4) is 0 Å². The number of hydrogen-bond donors (Lipinski definition) is 2. The van der Waals surface area contributed by atoms with Crippen molar-refractivity contribution in [2.45, 2.75) is 26.3 Å². The van der Waals surface area contributed by atoms with E-state index in [4.69, 9.17) is 0 Å². The predicted molar refractivity (Wildman–Crippen MR) is 60.7 cm³/mol. The molecule has 0 aliphatic rings. The fourth-order valence-corrected chi connectivity index (χ4v) is 1.69. The number of carbonyl (C=O) groups excluding carboxylic acids is 1. The van der Waals surface area contributed by atoms with Crippen molar-refractivity contribution in [2.75, 3.05) is 11.9 Å².